The highest BCUT2D eigenvalue weighted by atomic mass is 35.5. The quantitative estimate of drug-likeness (QED) is 0.112. The third-order valence-corrected chi connectivity index (χ3v) is 5.04. The highest BCUT2D eigenvalue weighted by molar-refractivity contribution is 6.30. The molecule has 11 heteroatoms. The highest BCUT2D eigenvalue weighted by Crippen LogP contribution is 2.33. The molecule has 174 valence electrons. The lowest BCUT2D eigenvalue weighted by atomic mass is 10.2. The molecule has 0 aliphatic rings. The molecular weight excluding hydrogens is 476 g/mol. The number of nitrogens with zero attached hydrogens (tertiary/aromatic N) is 3. The maximum Gasteiger partial charge on any atom is 0.338 e. The van der Waals surface area contributed by atoms with Gasteiger partial charge in [0.15, 0.2) is 11.6 Å². The fourth-order valence-corrected chi connectivity index (χ4v) is 3.29. The van der Waals surface area contributed by atoms with Crippen LogP contribution >= 0.6 is 11.6 Å². The predicted octanol–water partition coefficient (Wildman–Crippen LogP) is 5.57. The topological polar surface area (TPSA) is 151 Å². The number of benzene rings is 3. The van der Waals surface area contributed by atoms with E-state index in [2.05, 4.69) is 9.97 Å². The summed E-state index contributed by atoms with van der Waals surface area (Å²) in [4.78, 5) is 30.1. The Morgan fingerprint density at radius 1 is 1.17 bits per heavy atom. The molecular formula is C24H15ClN4O6. The summed E-state index contributed by atoms with van der Waals surface area (Å²) in [6, 6.07) is 18.6. The van der Waals surface area contributed by atoms with Crippen LogP contribution in [0.4, 0.5) is 5.69 Å². The second-order valence-electron chi connectivity index (χ2n) is 7.11. The summed E-state index contributed by atoms with van der Waals surface area (Å²) < 4.78 is 10.6. The molecule has 0 spiro atoms. The predicted molar refractivity (Wildman–Crippen MR) is 126 cm³/mol. The van der Waals surface area contributed by atoms with E-state index in [1.165, 1.54) is 42.5 Å². The summed E-state index contributed by atoms with van der Waals surface area (Å²) in [6.07, 6.45) is 0. The average Bonchev–Trinajstić information content (AvgIpc) is 3.28. The summed E-state index contributed by atoms with van der Waals surface area (Å²) in [5.41, 5.74) is 0.985. The number of para-hydroxylation sites is 2. The van der Waals surface area contributed by atoms with Crippen LogP contribution in [0.2, 0.25) is 5.02 Å². The zero-order chi connectivity index (χ0) is 24.9. The third-order valence-electron chi connectivity index (χ3n) is 4.80. The first-order chi connectivity index (χ1) is 16.9. The van der Waals surface area contributed by atoms with Crippen LogP contribution in [-0.4, -0.2) is 32.6 Å². The molecule has 4 rings (SSSR count). The lowest BCUT2D eigenvalue weighted by Crippen LogP contribution is -2.09. The smallest absolute Gasteiger partial charge is 0.338 e. The number of halogens is 1. The van der Waals surface area contributed by atoms with E-state index in [-0.39, 0.29) is 39.2 Å². The van der Waals surface area contributed by atoms with Gasteiger partial charge in [-0.05, 0) is 48.5 Å². The van der Waals surface area contributed by atoms with E-state index >= 15 is 0 Å². The van der Waals surface area contributed by atoms with Crippen molar-refractivity contribution >= 4 is 39.9 Å². The van der Waals surface area contributed by atoms with Crippen molar-refractivity contribution in [3.8, 4) is 17.6 Å². The summed E-state index contributed by atoms with van der Waals surface area (Å²) in [5.74, 6) is -0.844. The van der Waals surface area contributed by atoms with Crippen molar-refractivity contribution in [1.29, 1.82) is 5.26 Å². The number of hydrogen-bond acceptors (Lipinski definition) is 8. The van der Waals surface area contributed by atoms with Gasteiger partial charge >= 0.3 is 11.7 Å². The number of aliphatic hydroxyl groups is 1. The number of nitrogens with one attached hydrogen (secondary N) is 1. The van der Waals surface area contributed by atoms with E-state index < -0.39 is 23.3 Å². The van der Waals surface area contributed by atoms with E-state index in [0.29, 0.717) is 11.0 Å². The number of aromatic nitrogens is 2. The largest absolute Gasteiger partial charge is 0.507 e. The minimum Gasteiger partial charge on any atom is -0.507 e. The number of hydrogen-bond donors (Lipinski definition) is 2. The lowest BCUT2D eigenvalue weighted by Gasteiger charge is -2.08. The number of aromatic amines is 1. The van der Waals surface area contributed by atoms with Crippen LogP contribution in [0.5, 0.6) is 11.5 Å². The molecule has 3 aromatic carbocycles. The standard InChI is InChI=1S/C24H15ClN4O6/c25-15-7-10-22(20(11-15)29(32)33)35-16-8-5-14(6-9-16)24(31)34-13-21(30)17(12-26)23-27-18-3-1-2-4-19(18)28-23/h1-11,30H,13H2,(H,27,28)/b21-17-. The number of aliphatic hydroxyl groups excluding tert-OH is 1. The summed E-state index contributed by atoms with van der Waals surface area (Å²) >= 11 is 5.80. The molecule has 0 saturated heterocycles. The van der Waals surface area contributed by atoms with Gasteiger partial charge in [-0.2, -0.15) is 5.26 Å². The number of allylic oxidation sites excluding steroid dienone is 1. The number of esters is 1. The van der Waals surface area contributed by atoms with Gasteiger partial charge in [-0.15, -0.1) is 0 Å². The van der Waals surface area contributed by atoms with Crippen molar-refractivity contribution in [2.45, 2.75) is 0 Å². The lowest BCUT2D eigenvalue weighted by molar-refractivity contribution is -0.385. The van der Waals surface area contributed by atoms with Crippen LogP contribution in [0.25, 0.3) is 16.6 Å². The summed E-state index contributed by atoms with van der Waals surface area (Å²) in [7, 11) is 0. The Bertz CT molecular complexity index is 1470. The molecule has 0 amide bonds. The number of imidazole rings is 1. The Kier molecular flexibility index (Phi) is 6.62. The van der Waals surface area contributed by atoms with Crippen LogP contribution in [0.15, 0.2) is 72.5 Å². The number of fused-ring (bicyclic) bond motifs is 1. The zero-order valence-electron chi connectivity index (χ0n) is 17.8. The molecule has 10 nitrogen and oxygen atoms in total. The molecule has 0 atom stereocenters. The van der Waals surface area contributed by atoms with Crippen LogP contribution in [0.3, 0.4) is 0 Å². The van der Waals surface area contributed by atoms with E-state index in [1.54, 1.807) is 24.3 Å². The second-order valence-corrected chi connectivity index (χ2v) is 7.54. The molecule has 0 saturated carbocycles. The Hall–Kier alpha value is -4.88. The molecule has 0 bridgehead atoms. The molecule has 0 radical (unpaired) electrons. The van der Waals surface area contributed by atoms with Crippen LogP contribution in [-0.2, 0) is 4.74 Å². The van der Waals surface area contributed by atoms with Crippen molar-refractivity contribution in [2.24, 2.45) is 0 Å². The zero-order valence-corrected chi connectivity index (χ0v) is 18.5. The maximum absolute atomic E-state index is 12.4. The summed E-state index contributed by atoms with van der Waals surface area (Å²) in [6.45, 7) is -0.548. The van der Waals surface area contributed by atoms with Crippen molar-refractivity contribution < 1.29 is 24.3 Å². The van der Waals surface area contributed by atoms with Crippen molar-refractivity contribution in [3.63, 3.8) is 0 Å². The number of nitro benzene ring substituents is 1. The number of carbonyl (C=O) groups is 1. The number of H-pyrrole nitrogens is 1. The van der Waals surface area contributed by atoms with Gasteiger partial charge in [0.1, 0.15) is 24.0 Å². The minimum absolute atomic E-state index is 0.0144. The molecule has 4 aromatic rings. The Morgan fingerprint density at radius 3 is 2.60 bits per heavy atom. The van der Waals surface area contributed by atoms with Crippen molar-refractivity contribution in [2.75, 3.05) is 6.61 Å². The Balaban J connectivity index is 1.44. The normalized spacial score (nSPS) is 11.4. The first kappa shape index (κ1) is 23.3. The highest BCUT2D eigenvalue weighted by Gasteiger charge is 2.18. The Morgan fingerprint density at radius 2 is 1.91 bits per heavy atom. The monoisotopic (exact) mass is 490 g/mol. The van der Waals surface area contributed by atoms with Crippen LogP contribution in [0.1, 0.15) is 16.2 Å². The van der Waals surface area contributed by atoms with Gasteiger partial charge in [-0.1, -0.05) is 23.7 Å². The molecule has 2 N–H and O–H groups in total. The number of nitro groups is 1. The molecule has 0 unspecified atom stereocenters. The van der Waals surface area contributed by atoms with Crippen molar-refractivity contribution in [3.05, 3.63) is 99.0 Å². The van der Waals surface area contributed by atoms with Crippen molar-refractivity contribution in [1.82, 2.24) is 9.97 Å². The summed E-state index contributed by atoms with van der Waals surface area (Å²) in [5, 5.41) is 31.2. The van der Waals surface area contributed by atoms with Gasteiger partial charge in [0.05, 0.1) is 21.5 Å². The first-order valence-electron chi connectivity index (χ1n) is 10.0. The van der Waals surface area contributed by atoms with Gasteiger partial charge in [-0.3, -0.25) is 10.1 Å². The average molecular weight is 491 g/mol. The van der Waals surface area contributed by atoms with Gasteiger partial charge in [-0.25, -0.2) is 9.78 Å². The van der Waals surface area contributed by atoms with E-state index in [1.807, 2.05) is 6.07 Å². The van der Waals surface area contributed by atoms with Gasteiger partial charge in [0, 0.05) is 11.1 Å². The molecule has 0 fully saturated rings. The number of carbonyl (C=O) groups excluding carboxylic acids is 1. The van der Waals surface area contributed by atoms with E-state index in [4.69, 9.17) is 21.1 Å². The number of ether oxygens (including phenoxy) is 2. The Labute approximate surface area is 202 Å². The fourth-order valence-electron chi connectivity index (χ4n) is 3.12. The van der Waals surface area contributed by atoms with E-state index in [0.717, 1.165) is 0 Å². The van der Waals surface area contributed by atoms with Crippen LogP contribution in [0, 0.1) is 21.4 Å². The number of nitriles is 1. The van der Waals surface area contributed by atoms with Gasteiger partial charge in [0.25, 0.3) is 0 Å². The maximum atomic E-state index is 12.4. The minimum atomic E-state index is -0.762. The third kappa shape index (κ3) is 5.21. The molecule has 1 heterocycles. The SMILES string of the molecule is N#C/C(=C(/O)COC(=O)c1ccc(Oc2ccc(Cl)cc2[N+](=O)[O-])cc1)c1nc2ccccc2[nH]1. The van der Waals surface area contributed by atoms with E-state index in [9.17, 15) is 25.3 Å². The first-order valence-corrected chi connectivity index (χ1v) is 10.4. The van der Waals surface area contributed by atoms with Gasteiger partial charge < -0.3 is 19.6 Å². The number of rotatable bonds is 7. The van der Waals surface area contributed by atoms with Crippen LogP contribution < -0.4 is 4.74 Å². The fraction of sp³-hybridized carbons (Fsp3) is 0.0417. The second kappa shape index (κ2) is 9.94. The molecule has 0 aliphatic heterocycles. The molecule has 1 aromatic heterocycles. The molecule has 0 aliphatic carbocycles. The molecule has 35 heavy (non-hydrogen) atoms. The van der Waals surface area contributed by atoms with Gasteiger partial charge in [0.2, 0.25) is 5.75 Å².